The van der Waals surface area contributed by atoms with Crippen molar-refractivity contribution in [1.82, 2.24) is 0 Å². The van der Waals surface area contributed by atoms with Crippen molar-refractivity contribution in [2.75, 3.05) is 0 Å². The van der Waals surface area contributed by atoms with Gasteiger partial charge in [-0.25, -0.2) is 0 Å². The maximum absolute atomic E-state index is 11.3. The van der Waals surface area contributed by atoms with Gasteiger partial charge in [0.05, 0.1) is 11.8 Å². The van der Waals surface area contributed by atoms with Crippen molar-refractivity contribution < 1.29 is 14.7 Å². The van der Waals surface area contributed by atoms with E-state index in [1.807, 2.05) is 0 Å². The molecule has 2 unspecified atom stereocenters. The summed E-state index contributed by atoms with van der Waals surface area (Å²) in [5.41, 5.74) is 0. The molecule has 4 heteroatoms. The van der Waals surface area contributed by atoms with Gasteiger partial charge < -0.3 is 5.11 Å². The third-order valence-corrected chi connectivity index (χ3v) is 2.58. The van der Waals surface area contributed by atoms with E-state index in [4.69, 9.17) is 16.7 Å². The van der Waals surface area contributed by atoms with Crippen LogP contribution in [-0.4, -0.2) is 22.2 Å². The smallest absolute Gasteiger partial charge is 0.304 e. The number of carboxylic acids is 1. The van der Waals surface area contributed by atoms with Crippen LogP contribution in [0, 0.1) is 5.92 Å². The molecule has 1 aliphatic rings. The van der Waals surface area contributed by atoms with Gasteiger partial charge in [-0.2, -0.15) is 0 Å². The Labute approximate surface area is 75.7 Å². The van der Waals surface area contributed by atoms with Crippen molar-refractivity contribution in [3.8, 4) is 0 Å². The highest BCUT2D eigenvalue weighted by molar-refractivity contribution is 6.31. The van der Waals surface area contributed by atoms with Crippen LogP contribution in [0.25, 0.3) is 0 Å². The molecule has 0 aromatic heterocycles. The Bertz CT molecular complexity index is 202. The highest BCUT2D eigenvalue weighted by Gasteiger charge is 2.30. The molecule has 0 heterocycles. The van der Waals surface area contributed by atoms with Gasteiger partial charge in [0, 0.05) is 5.92 Å². The third kappa shape index (κ3) is 2.21. The van der Waals surface area contributed by atoms with Crippen LogP contribution >= 0.6 is 11.6 Å². The third-order valence-electron chi connectivity index (χ3n) is 2.14. The lowest BCUT2D eigenvalue weighted by molar-refractivity contribution is -0.141. The van der Waals surface area contributed by atoms with Crippen LogP contribution in [0.4, 0.5) is 0 Å². The van der Waals surface area contributed by atoms with Gasteiger partial charge in [0.25, 0.3) is 0 Å². The van der Waals surface area contributed by atoms with Crippen molar-refractivity contribution in [3.63, 3.8) is 0 Å². The standard InChI is InChI=1S/C8H11ClO3/c9-6-3-1-2-5(8(6)12)4-7(10)11/h5-6H,1-4H2,(H,10,11). The molecule has 0 saturated heterocycles. The van der Waals surface area contributed by atoms with Gasteiger partial charge in [-0.3, -0.25) is 9.59 Å². The Morgan fingerprint density at radius 1 is 1.58 bits per heavy atom. The highest BCUT2D eigenvalue weighted by atomic mass is 35.5. The van der Waals surface area contributed by atoms with Crippen molar-refractivity contribution >= 4 is 23.4 Å². The van der Waals surface area contributed by atoms with E-state index in [1.54, 1.807) is 0 Å². The van der Waals surface area contributed by atoms with E-state index in [9.17, 15) is 9.59 Å². The zero-order valence-corrected chi connectivity index (χ0v) is 7.38. The van der Waals surface area contributed by atoms with E-state index in [0.29, 0.717) is 12.8 Å². The summed E-state index contributed by atoms with van der Waals surface area (Å²) in [5, 5.41) is 8.02. The van der Waals surface area contributed by atoms with Gasteiger partial charge in [-0.1, -0.05) is 6.42 Å². The van der Waals surface area contributed by atoms with Crippen molar-refractivity contribution in [2.24, 2.45) is 5.92 Å². The zero-order chi connectivity index (χ0) is 9.14. The van der Waals surface area contributed by atoms with Crippen LogP contribution in [0.2, 0.25) is 0 Å². The van der Waals surface area contributed by atoms with Crippen LogP contribution in [0.5, 0.6) is 0 Å². The molecule has 0 aliphatic heterocycles. The predicted octanol–water partition coefficient (Wildman–Crippen LogP) is 1.44. The normalized spacial score (nSPS) is 30.2. The van der Waals surface area contributed by atoms with E-state index in [2.05, 4.69) is 0 Å². The summed E-state index contributed by atoms with van der Waals surface area (Å²) < 4.78 is 0. The van der Waals surface area contributed by atoms with E-state index >= 15 is 0 Å². The summed E-state index contributed by atoms with van der Waals surface area (Å²) in [6.45, 7) is 0. The maximum Gasteiger partial charge on any atom is 0.304 e. The van der Waals surface area contributed by atoms with Crippen LogP contribution in [0.1, 0.15) is 25.7 Å². The SMILES string of the molecule is O=C(O)CC1CCCC(Cl)C1=O. The Morgan fingerprint density at radius 3 is 2.83 bits per heavy atom. The quantitative estimate of drug-likeness (QED) is 0.671. The van der Waals surface area contributed by atoms with E-state index in [1.165, 1.54) is 0 Å². The first-order valence-corrected chi connectivity index (χ1v) is 4.44. The number of hydrogen-bond acceptors (Lipinski definition) is 2. The molecule has 12 heavy (non-hydrogen) atoms. The average Bonchev–Trinajstić information content (AvgIpc) is 1.98. The lowest BCUT2D eigenvalue weighted by Crippen LogP contribution is -2.30. The zero-order valence-electron chi connectivity index (χ0n) is 6.62. The van der Waals surface area contributed by atoms with Crippen molar-refractivity contribution in [1.29, 1.82) is 0 Å². The van der Waals surface area contributed by atoms with Crippen LogP contribution in [0.3, 0.4) is 0 Å². The number of Topliss-reactive ketones (excluding diaryl/α,β-unsaturated/α-hetero) is 1. The first-order chi connectivity index (χ1) is 5.61. The molecule has 1 rings (SSSR count). The number of hydrogen-bond donors (Lipinski definition) is 1. The number of aliphatic carboxylic acids is 1. The molecule has 0 bridgehead atoms. The molecule has 0 aromatic rings. The first-order valence-electron chi connectivity index (χ1n) is 4.01. The number of alkyl halides is 1. The minimum Gasteiger partial charge on any atom is -0.481 e. The summed E-state index contributed by atoms with van der Waals surface area (Å²) in [6, 6.07) is 0. The van der Waals surface area contributed by atoms with Gasteiger partial charge in [0.15, 0.2) is 5.78 Å². The van der Waals surface area contributed by atoms with E-state index < -0.39 is 11.3 Å². The maximum atomic E-state index is 11.3. The molecular formula is C8H11ClO3. The van der Waals surface area contributed by atoms with Gasteiger partial charge >= 0.3 is 5.97 Å². The number of rotatable bonds is 2. The Morgan fingerprint density at radius 2 is 2.25 bits per heavy atom. The fourth-order valence-corrected chi connectivity index (χ4v) is 1.83. The molecule has 1 fully saturated rings. The largest absolute Gasteiger partial charge is 0.481 e. The summed E-state index contributed by atoms with van der Waals surface area (Å²) >= 11 is 5.70. The van der Waals surface area contributed by atoms with Gasteiger partial charge in [-0.15, -0.1) is 11.6 Å². The molecule has 0 radical (unpaired) electrons. The van der Waals surface area contributed by atoms with Crippen LogP contribution in [0.15, 0.2) is 0 Å². The number of carboxylic acid groups (broad SMARTS) is 1. The monoisotopic (exact) mass is 190 g/mol. The first kappa shape index (κ1) is 9.52. The fourth-order valence-electron chi connectivity index (χ4n) is 1.50. The minimum absolute atomic E-state index is 0.0674. The highest BCUT2D eigenvalue weighted by Crippen LogP contribution is 2.26. The second-order valence-corrected chi connectivity index (χ2v) is 3.62. The molecule has 0 aromatic carbocycles. The van der Waals surface area contributed by atoms with E-state index in [-0.39, 0.29) is 18.1 Å². The van der Waals surface area contributed by atoms with Crippen molar-refractivity contribution in [3.05, 3.63) is 0 Å². The molecule has 2 atom stereocenters. The van der Waals surface area contributed by atoms with Gasteiger partial charge in [0.1, 0.15) is 0 Å². The molecule has 68 valence electrons. The average molecular weight is 191 g/mol. The summed E-state index contributed by atoms with van der Waals surface area (Å²) in [5.74, 6) is -1.36. The second kappa shape index (κ2) is 3.90. The Kier molecular flexibility index (Phi) is 3.09. The lowest BCUT2D eigenvalue weighted by atomic mass is 9.85. The molecule has 1 aliphatic carbocycles. The second-order valence-electron chi connectivity index (χ2n) is 3.10. The number of carbonyl (C=O) groups is 2. The summed E-state index contributed by atoms with van der Waals surface area (Å²) in [6.07, 6.45) is 2.16. The minimum atomic E-state index is -0.917. The number of carbonyl (C=O) groups excluding carboxylic acids is 1. The lowest BCUT2D eigenvalue weighted by Gasteiger charge is -2.22. The molecule has 0 spiro atoms. The fraction of sp³-hybridized carbons (Fsp3) is 0.750. The summed E-state index contributed by atoms with van der Waals surface area (Å²) in [7, 11) is 0. The van der Waals surface area contributed by atoms with Crippen molar-refractivity contribution in [2.45, 2.75) is 31.1 Å². The van der Waals surface area contributed by atoms with Gasteiger partial charge in [-0.05, 0) is 12.8 Å². The predicted molar refractivity (Wildman–Crippen MR) is 44.2 cm³/mol. The Balaban J connectivity index is 2.52. The molecule has 1 N–H and O–H groups in total. The van der Waals surface area contributed by atoms with E-state index in [0.717, 1.165) is 6.42 Å². The number of ketones is 1. The number of halogens is 1. The Hall–Kier alpha value is -0.570. The summed E-state index contributed by atoms with van der Waals surface area (Å²) in [4.78, 5) is 21.6. The van der Waals surface area contributed by atoms with Crippen LogP contribution < -0.4 is 0 Å². The molecule has 0 amide bonds. The van der Waals surface area contributed by atoms with Gasteiger partial charge in [0.2, 0.25) is 0 Å². The molecular weight excluding hydrogens is 180 g/mol. The molecule has 3 nitrogen and oxygen atoms in total. The molecule has 1 saturated carbocycles. The van der Waals surface area contributed by atoms with Crippen LogP contribution in [-0.2, 0) is 9.59 Å². The topological polar surface area (TPSA) is 54.4 Å².